The Bertz CT molecular complexity index is 561. The van der Waals surface area contributed by atoms with Crippen LogP contribution in [0.25, 0.3) is 0 Å². The van der Waals surface area contributed by atoms with E-state index in [1.165, 1.54) is 0 Å². The molecule has 0 unspecified atom stereocenters. The average Bonchev–Trinajstić information content (AvgIpc) is 2.85. The van der Waals surface area contributed by atoms with Crippen LogP contribution in [0, 0.1) is 0 Å². The van der Waals surface area contributed by atoms with Crippen molar-refractivity contribution in [3.8, 4) is 0 Å². The highest BCUT2D eigenvalue weighted by molar-refractivity contribution is 7.90. The monoisotopic (exact) mass is 300 g/mol. The van der Waals surface area contributed by atoms with E-state index in [1.807, 2.05) is 4.68 Å². The molecule has 2 N–H and O–H groups in total. The van der Waals surface area contributed by atoms with Crippen molar-refractivity contribution < 1.29 is 13.2 Å². The Morgan fingerprint density at radius 3 is 2.85 bits per heavy atom. The molecule has 0 saturated carbocycles. The third-order valence-electron chi connectivity index (χ3n) is 3.27. The van der Waals surface area contributed by atoms with Crippen molar-refractivity contribution in [2.75, 3.05) is 30.4 Å². The molecule has 20 heavy (non-hydrogen) atoms. The molecule has 1 amide bonds. The highest BCUT2D eigenvalue weighted by atomic mass is 32.2. The number of carbonyl (C=O) groups is 1. The van der Waals surface area contributed by atoms with Gasteiger partial charge < -0.3 is 10.6 Å². The first kappa shape index (κ1) is 15.0. The van der Waals surface area contributed by atoms with Gasteiger partial charge in [-0.3, -0.25) is 9.48 Å². The zero-order chi connectivity index (χ0) is 14.6. The number of hydrogen-bond donors (Lipinski definition) is 2. The fraction of sp³-hybridized carbons (Fsp3) is 0.667. The molecule has 1 fully saturated rings. The van der Waals surface area contributed by atoms with Gasteiger partial charge in [0.15, 0.2) is 0 Å². The van der Waals surface area contributed by atoms with Gasteiger partial charge in [0.25, 0.3) is 0 Å². The summed E-state index contributed by atoms with van der Waals surface area (Å²) in [5, 5.41) is 10.2. The van der Waals surface area contributed by atoms with E-state index in [0.29, 0.717) is 11.7 Å². The van der Waals surface area contributed by atoms with Crippen molar-refractivity contribution in [3.05, 3.63) is 12.4 Å². The van der Waals surface area contributed by atoms with E-state index in [0.717, 1.165) is 32.2 Å². The van der Waals surface area contributed by atoms with Crippen LogP contribution < -0.4 is 10.6 Å². The Balaban J connectivity index is 1.87. The molecule has 0 aliphatic carbocycles. The lowest BCUT2D eigenvalue weighted by molar-refractivity contribution is -0.115. The van der Waals surface area contributed by atoms with Crippen LogP contribution in [0.15, 0.2) is 12.4 Å². The molecule has 112 valence electrons. The molecule has 1 aliphatic rings. The summed E-state index contributed by atoms with van der Waals surface area (Å²) in [5.74, 6) is -0.443. The number of sulfone groups is 1. The maximum absolute atomic E-state index is 11.6. The number of rotatable bonds is 5. The van der Waals surface area contributed by atoms with Crippen molar-refractivity contribution in [2.45, 2.75) is 25.3 Å². The zero-order valence-corrected chi connectivity index (χ0v) is 12.3. The van der Waals surface area contributed by atoms with Crippen LogP contribution in [-0.2, 0) is 14.6 Å². The Morgan fingerprint density at radius 1 is 1.50 bits per heavy atom. The van der Waals surface area contributed by atoms with Gasteiger partial charge in [-0.15, -0.1) is 0 Å². The number of nitrogens with one attached hydrogen (secondary N) is 2. The second kappa shape index (κ2) is 6.36. The molecule has 0 radical (unpaired) electrons. The fourth-order valence-electron chi connectivity index (χ4n) is 2.18. The second-order valence-corrected chi connectivity index (χ2v) is 7.38. The molecule has 1 saturated heterocycles. The van der Waals surface area contributed by atoms with Gasteiger partial charge in [-0.2, -0.15) is 5.10 Å². The van der Waals surface area contributed by atoms with Crippen LogP contribution in [0.2, 0.25) is 0 Å². The number of amides is 1. The molecule has 2 rings (SSSR count). The standard InChI is InChI=1S/C12H20N4O3S/c1-20(18,19)7-4-12(17)15-10-8-14-16(9-10)11-2-5-13-6-3-11/h8-9,11,13H,2-7H2,1H3,(H,15,17). The second-order valence-electron chi connectivity index (χ2n) is 5.12. The molecule has 1 aliphatic heterocycles. The molecular weight excluding hydrogens is 280 g/mol. The molecule has 1 aromatic rings. The summed E-state index contributed by atoms with van der Waals surface area (Å²) in [4.78, 5) is 11.6. The molecular formula is C12H20N4O3S. The van der Waals surface area contributed by atoms with Crippen molar-refractivity contribution in [3.63, 3.8) is 0 Å². The van der Waals surface area contributed by atoms with E-state index in [-0.39, 0.29) is 18.1 Å². The Morgan fingerprint density at radius 2 is 2.20 bits per heavy atom. The predicted octanol–water partition coefficient (Wildman–Crippen LogP) is 0.181. The van der Waals surface area contributed by atoms with Gasteiger partial charge in [-0.25, -0.2) is 8.42 Å². The lowest BCUT2D eigenvalue weighted by Gasteiger charge is -2.22. The summed E-state index contributed by atoms with van der Waals surface area (Å²) in [5.41, 5.74) is 0.613. The normalized spacial score (nSPS) is 17.1. The lowest BCUT2D eigenvalue weighted by Crippen LogP contribution is -2.29. The van der Waals surface area contributed by atoms with E-state index in [9.17, 15) is 13.2 Å². The predicted molar refractivity (Wildman–Crippen MR) is 76.3 cm³/mol. The van der Waals surface area contributed by atoms with E-state index < -0.39 is 9.84 Å². The third kappa shape index (κ3) is 4.61. The number of piperidine rings is 1. The fourth-order valence-corrected chi connectivity index (χ4v) is 2.73. The van der Waals surface area contributed by atoms with Crippen molar-refractivity contribution in [1.29, 1.82) is 0 Å². The minimum Gasteiger partial charge on any atom is -0.323 e. The summed E-state index contributed by atoms with van der Waals surface area (Å²) in [6.45, 7) is 1.95. The van der Waals surface area contributed by atoms with Gasteiger partial charge in [-0.1, -0.05) is 0 Å². The SMILES string of the molecule is CS(=O)(=O)CCC(=O)Nc1cnn(C2CCNCC2)c1. The molecule has 1 aromatic heterocycles. The van der Waals surface area contributed by atoms with Gasteiger partial charge in [0.1, 0.15) is 9.84 Å². The highest BCUT2D eigenvalue weighted by Crippen LogP contribution is 2.19. The molecule has 8 heteroatoms. The quantitative estimate of drug-likeness (QED) is 0.809. The molecule has 0 atom stereocenters. The maximum atomic E-state index is 11.6. The van der Waals surface area contributed by atoms with Gasteiger partial charge in [0.05, 0.1) is 23.7 Å². The summed E-state index contributed by atoms with van der Waals surface area (Å²) < 4.78 is 23.9. The Kier molecular flexibility index (Phi) is 4.77. The number of hydrogen-bond acceptors (Lipinski definition) is 5. The largest absolute Gasteiger partial charge is 0.323 e. The van der Waals surface area contributed by atoms with E-state index in [1.54, 1.807) is 12.4 Å². The summed E-state index contributed by atoms with van der Waals surface area (Å²) in [7, 11) is -3.11. The first-order valence-electron chi connectivity index (χ1n) is 6.66. The van der Waals surface area contributed by atoms with E-state index >= 15 is 0 Å². The van der Waals surface area contributed by atoms with Crippen LogP contribution in [0.1, 0.15) is 25.3 Å². The van der Waals surface area contributed by atoms with Crippen molar-refractivity contribution in [2.24, 2.45) is 0 Å². The summed E-state index contributed by atoms with van der Waals surface area (Å²) in [6.07, 6.45) is 6.52. The topological polar surface area (TPSA) is 93.1 Å². The minimum absolute atomic E-state index is 0.0304. The minimum atomic E-state index is -3.11. The third-order valence-corrected chi connectivity index (χ3v) is 4.21. The van der Waals surface area contributed by atoms with Crippen LogP contribution in [0.3, 0.4) is 0 Å². The summed E-state index contributed by atoms with van der Waals surface area (Å²) >= 11 is 0. The molecule has 0 spiro atoms. The van der Waals surface area contributed by atoms with Gasteiger partial charge in [0, 0.05) is 18.9 Å². The molecule has 7 nitrogen and oxygen atoms in total. The Labute approximate surface area is 118 Å². The van der Waals surface area contributed by atoms with Gasteiger partial charge in [-0.05, 0) is 25.9 Å². The van der Waals surface area contributed by atoms with Crippen LogP contribution >= 0.6 is 0 Å². The molecule has 2 heterocycles. The number of carbonyl (C=O) groups excluding carboxylic acids is 1. The molecule has 0 aromatic carbocycles. The summed E-state index contributed by atoms with van der Waals surface area (Å²) in [6, 6.07) is 0.359. The zero-order valence-electron chi connectivity index (χ0n) is 11.5. The lowest BCUT2D eigenvalue weighted by atomic mass is 10.1. The van der Waals surface area contributed by atoms with E-state index in [4.69, 9.17) is 0 Å². The van der Waals surface area contributed by atoms with Crippen molar-refractivity contribution >= 4 is 21.4 Å². The highest BCUT2D eigenvalue weighted by Gasteiger charge is 2.16. The molecule has 0 bridgehead atoms. The van der Waals surface area contributed by atoms with Gasteiger partial charge >= 0.3 is 0 Å². The van der Waals surface area contributed by atoms with Crippen LogP contribution in [-0.4, -0.2) is 49.2 Å². The number of aromatic nitrogens is 2. The van der Waals surface area contributed by atoms with Crippen LogP contribution in [0.4, 0.5) is 5.69 Å². The van der Waals surface area contributed by atoms with E-state index in [2.05, 4.69) is 15.7 Å². The number of nitrogens with zero attached hydrogens (tertiary/aromatic N) is 2. The van der Waals surface area contributed by atoms with Crippen LogP contribution in [0.5, 0.6) is 0 Å². The number of anilines is 1. The smallest absolute Gasteiger partial charge is 0.225 e. The van der Waals surface area contributed by atoms with Crippen molar-refractivity contribution in [1.82, 2.24) is 15.1 Å². The first-order chi connectivity index (χ1) is 9.44. The Hall–Kier alpha value is -1.41. The maximum Gasteiger partial charge on any atom is 0.225 e. The first-order valence-corrected chi connectivity index (χ1v) is 8.72. The van der Waals surface area contributed by atoms with Gasteiger partial charge in [0.2, 0.25) is 5.91 Å². The average molecular weight is 300 g/mol.